The van der Waals surface area contributed by atoms with Gasteiger partial charge in [0.25, 0.3) is 0 Å². The van der Waals surface area contributed by atoms with E-state index >= 15 is 0 Å². The molecule has 1 saturated heterocycles. The largest absolute Gasteiger partial charge is 0.460 e. The molecule has 0 spiro atoms. The molecule has 1 aliphatic heterocycles. The molecule has 3 rings (SSSR count). The van der Waals surface area contributed by atoms with Gasteiger partial charge in [0.15, 0.2) is 4.87 Å². The number of carbonyl (C=O) groups is 2. The summed E-state index contributed by atoms with van der Waals surface area (Å²) >= 11 is 12.0. The highest BCUT2D eigenvalue weighted by atomic mass is 35.5. The maximum atomic E-state index is 12.4. The monoisotopic (exact) mass is 434 g/mol. The van der Waals surface area contributed by atoms with E-state index in [1.165, 1.54) is 6.92 Å². The lowest BCUT2D eigenvalue weighted by atomic mass is 9.76. The van der Waals surface area contributed by atoms with Gasteiger partial charge >= 0.3 is 11.9 Å². The van der Waals surface area contributed by atoms with Crippen molar-refractivity contribution in [1.82, 2.24) is 0 Å². The minimum atomic E-state index is -1.65. The van der Waals surface area contributed by atoms with Crippen LogP contribution in [0.2, 0.25) is 0 Å². The van der Waals surface area contributed by atoms with Crippen LogP contribution in [0.15, 0.2) is 24.3 Å². The number of aliphatic hydroxyl groups is 3. The van der Waals surface area contributed by atoms with Crippen LogP contribution in [-0.4, -0.2) is 68.5 Å². The van der Waals surface area contributed by atoms with Crippen molar-refractivity contribution in [3.8, 4) is 0 Å². The number of hydrogen-bond donors (Lipinski definition) is 3. The van der Waals surface area contributed by atoms with Crippen molar-refractivity contribution in [2.75, 3.05) is 12.5 Å². The van der Waals surface area contributed by atoms with Gasteiger partial charge in [0.05, 0.1) is 30.1 Å². The Morgan fingerprint density at radius 1 is 1.43 bits per heavy atom. The zero-order valence-electron chi connectivity index (χ0n) is 15.4. The number of esters is 2. The van der Waals surface area contributed by atoms with Crippen LogP contribution in [-0.2, 0) is 19.1 Å². The molecule has 0 aromatic carbocycles. The third-order valence-corrected chi connectivity index (χ3v) is 6.88. The molecular weight excluding hydrogens is 411 g/mol. The van der Waals surface area contributed by atoms with E-state index < -0.39 is 65.1 Å². The average Bonchev–Trinajstić information content (AvgIpc) is 3.02. The Morgan fingerprint density at radius 3 is 2.64 bits per heavy atom. The van der Waals surface area contributed by atoms with Gasteiger partial charge in [-0.2, -0.15) is 0 Å². The van der Waals surface area contributed by atoms with Crippen molar-refractivity contribution in [3.05, 3.63) is 24.3 Å². The van der Waals surface area contributed by atoms with Gasteiger partial charge < -0.3 is 24.8 Å². The van der Waals surface area contributed by atoms with Gasteiger partial charge in [0.1, 0.15) is 12.2 Å². The third kappa shape index (κ3) is 3.27. The maximum absolute atomic E-state index is 12.4. The highest BCUT2D eigenvalue weighted by Crippen LogP contribution is 2.55. The standard InChI is InChI=1S/C19H24Cl2O7/c1-8-4-11(27-17(25)18(3,21)7-22)13-9(2)16(24)28-15(13)14-12(8)10(23)5-19(14,26)6-20/h10-15,22-23,26H,1-2,4-7H2,3H3. The number of aliphatic hydroxyl groups excluding tert-OH is 2. The molecule has 3 N–H and O–H groups in total. The van der Waals surface area contributed by atoms with Crippen molar-refractivity contribution in [2.45, 2.75) is 48.6 Å². The molecule has 8 unspecified atom stereocenters. The molecule has 156 valence electrons. The molecule has 7 nitrogen and oxygen atoms in total. The number of halogens is 2. The van der Waals surface area contributed by atoms with Crippen molar-refractivity contribution >= 4 is 35.1 Å². The number of rotatable bonds is 4. The fraction of sp³-hybridized carbons (Fsp3) is 0.684. The van der Waals surface area contributed by atoms with Crippen LogP contribution >= 0.6 is 23.2 Å². The SMILES string of the molecule is C=C1C(=O)OC2C1C(OC(=O)C(C)(Cl)CO)CC(=C)C1C(O)CC(O)(CCl)C21. The Kier molecular flexibility index (Phi) is 5.62. The van der Waals surface area contributed by atoms with E-state index in [4.69, 9.17) is 32.7 Å². The van der Waals surface area contributed by atoms with Crippen molar-refractivity contribution in [3.63, 3.8) is 0 Å². The second-order valence-corrected chi connectivity index (χ2v) is 9.24. The van der Waals surface area contributed by atoms with Crippen molar-refractivity contribution < 1.29 is 34.4 Å². The summed E-state index contributed by atoms with van der Waals surface area (Å²) < 4.78 is 11.1. The van der Waals surface area contributed by atoms with Gasteiger partial charge in [0, 0.05) is 30.3 Å². The Balaban J connectivity index is 2.02. The second-order valence-electron chi connectivity index (χ2n) is 8.14. The molecule has 3 fully saturated rings. The summed E-state index contributed by atoms with van der Waals surface area (Å²) in [6.07, 6.45) is -2.58. The van der Waals surface area contributed by atoms with Crippen LogP contribution in [0, 0.1) is 17.8 Å². The summed E-state index contributed by atoms with van der Waals surface area (Å²) in [6.45, 7) is 8.48. The lowest BCUT2D eigenvalue weighted by Gasteiger charge is -2.35. The summed E-state index contributed by atoms with van der Waals surface area (Å²) in [5.74, 6) is -3.74. The first-order valence-electron chi connectivity index (χ1n) is 9.01. The van der Waals surface area contributed by atoms with Crippen LogP contribution in [0.25, 0.3) is 0 Å². The van der Waals surface area contributed by atoms with Crippen LogP contribution < -0.4 is 0 Å². The minimum absolute atomic E-state index is 0.0207. The van der Waals surface area contributed by atoms with Crippen LogP contribution in [0.1, 0.15) is 19.8 Å². The van der Waals surface area contributed by atoms with Gasteiger partial charge in [-0.25, -0.2) is 4.79 Å². The van der Waals surface area contributed by atoms with Crippen molar-refractivity contribution in [2.24, 2.45) is 17.8 Å². The highest BCUT2D eigenvalue weighted by molar-refractivity contribution is 6.33. The number of fused-ring (bicyclic) bond motifs is 3. The van der Waals surface area contributed by atoms with Crippen LogP contribution in [0.5, 0.6) is 0 Å². The second kappa shape index (κ2) is 7.29. The van der Waals surface area contributed by atoms with Crippen LogP contribution in [0.3, 0.4) is 0 Å². The van der Waals surface area contributed by atoms with Gasteiger partial charge in [-0.1, -0.05) is 18.7 Å². The van der Waals surface area contributed by atoms with E-state index in [0.29, 0.717) is 5.57 Å². The Labute approximate surface area is 172 Å². The maximum Gasteiger partial charge on any atom is 0.334 e. The predicted octanol–water partition coefficient (Wildman–Crippen LogP) is 0.913. The zero-order chi connectivity index (χ0) is 21.0. The van der Waals surface area contributed by atoms with E-state index in [2.05, 4.69) is 13.2 Å². The molecule has 0 amide bonds. The fourth-order valence-corrected chi connectivity index (χ4v) is 5.01. The Hall–Kier alpha value is -1.12. The predicted molar refractivity (Wildman–Crippen MR) is 101 cm³/mol. The van der Waals surface area contributed by atoms with Gasteiger partial charge in [0.2, 0.25) is 0 Å². The molecule has 28 heavy (non-hydrogen) atoms. The summed E-state index contributed by atoms with van der Waals surface area (Å²) in [5.41, 5.74) is -0.822. The molecule has 0 aromatic heterocycles. The number of ether oxygens (including phenoxy) is 2. The summed E-state index contributed by atoms with van der Waals surface area (Å²) in [5, 5.41) is 30.9. The molecule has 8 atom stereocenters. The lowest BCUT2D eigenvalue weighted by molar-refractivity contribution is -0.158. The van der Waals surface area contributed by atoms with Gasteiger partial charge in [-0.05, 0) is 6.92 Å². The number of alkyl halides is 2. The smallest absolute Gasteiger partial charge is 0.334 e. The fourth-order valence-electron chi connectivity index (χ4n) is 4.68. The molecule has 3 aliphatic rings. The molecule has 0 radical (unpaired) electrons. The Bertz CT molecular complexity index is 721. The molecule has 0 aromatic rings. The molecule has 9 heteroatoms. The first-order valence-corrected chi connectivity index (χ1v) is 9.93. The summed E-state index contributed by atoms with van der Waals surface area (Å²) in [7, 11) is 0. The van der Waals surface area contributed by atoms with Crippen LogP contribution in [0.4, 0.5) is 0 Å². The first kappa shape index (κ1) is 21.6. The van der Waals surface area contributed by atoms with E-state index in [9.17, 15) is 24.9 Å². The lowest BCUT2D eigenvalue weighted by Crippen LogP contribution is -2.48. The molecule has 2 aliphatic carbocycles. The zero-order valence-corrected chi connectivity index (χ0v) is 16.9. The highest BCUT2D eigenvalue weighted by Gasteiger charge is 2.64. The van der Waals surface area contributed by atoms with Gasteiger partial charge in [-0.3, -0.25) is 4.79 Å². The van der Waals surface area contributed by atoms with E-state index in [1.807, 2.05) is 0 Å². The minimum Gasteiger partial charge on any atom is -0.460 e. The number of hydrogen-bond acceptors (Lipinski definition) is 7. The quantitative estimate of drug-likeness (QED) is 0.260. The Morgan fingerprint density at radius 2 is 2.07 bits per heavy atom. The number of carbonyl (C=O) groups excluding carboxylic acids is 2. The van der Waals surface area contributed by atoms with E-state index in [0.717, 1.165) is 0 Å². The molecule has 2 saturated carbocycles. The average molecular weight is 435 g/mol. The molecule has 0 bridgehead atoms. The third-order valence-electron chi connectivity index (χ3n) is 6.15. The summed E-state index contributed by atoms with van der Waals surface area (Å²) in [4.78, 5) is 23.0. The van der Waals surface area contributed by atoms with Gasteiger partial charge in [-0.15, -0.1) is 23.2 Å². The van der Waals surface area contributed by atoms with E-state index in [1.54, 1.807) is 0 Å². The first-order chi connectivity index (χ1) is 13.0. The molecule has 1 heterocycles. The van der Waals surface area contributed by atoms with Crippen molar-refractivity contribution in [1.29, 1.82) is 0 Å². The summed E-state index contributed by atoms with van der Waals surface area (Å²) in [6, 6.07) is 0. The molecular formula is C19H24Cl2O7. The van der Waals surface area contributed by atoms with E-state index in [-0.39, 0.29) is 24.3 Å². The normalized spacial score (nSPS) is 42.3. The topological polar surface area (TPSA) is 113 Å².